The minimum atomic E-state index is -0.521. The fraction of sp³-hybridized carbons (Fsp3) is 0.192. The first-order valence-electron chi connectivity index (χ1n) is 10.8. The second-order valence-corrected chi connectivity index (χ2v) is 9.26. The third kappa shape index (κ3) is 4.12. The van der Waals surface area contributed by atoms with Gasteiger partial charge in [-0.25, -0.2) is 4.39 Å². The fourth-order valence-electron chi connectivity index (χ4n) is 4.68. The first-order chi connectivity index (χ1) is 16.0. The Morgan fingerprint density at radius 3 is 2.67 bits per heavy atom. The van der Waals surface area contributed by atoms with Crippen molar-refractivity contribution in [3.63, 3.8) is 0 Å². The summed E-state index contributed by atoms with van der Waals surface area (Å²) in [6, 6.07) is 13.4. The molecule has 3 heterocycles. The van der Waals surface area contributed by atoms with Crippen molar-refractivity contribution in [1.29, 1.82) is 0 Å². The maximum atomic E-state index is 13.5. The summed E-state index contributed by atoms with van der Waals surface area (Å²) in [5, 5.41) is 8.25. The number of thiophene rings is 1. The van der Waals surface area contributed by atoms with E-state index in [1.165, 1.54) is 29.1 Å². The van der Waals surface area contributed by atoms with Crippen LogP contribution in [-0.2, 0) is 9.59 Å². The smallest absolute Gasteiger partial charge is 0.254 e. The molecule has 33 heavy (non-hydrogen) atoms. The normalized spacial score (nSPS) is 20.4. The van der Waals surface area contributed by atoms with Crippen molar-refractivity contribution < 1.29 is 14.0 Å². The first-order valence-corrected chi connectivity index (χ1v) is 11.6. The van der Waals surface area contributed by atoms with E-state index in [9.17, 15) is 14.0 Å². The number of amides is 1. The number of allylic oxidation sites excluding steroid dienone is 3. The molecule has 0 fully saturated rings. The number of dihydropyridines is 1. The van der Waals surface area contributed by atoms with Crippen molar-refractivity contribution in [2.45, 2.75) is 31.6 Å². The molecule has 0 saturated carbocycles. The van der Waals surface area contributed by atoms with Crippen LogP contribution in [0.3, 0.4) is 0 Å². The standard InChI is InChI=1S/C26H22FN3O2S/c1-15-23(26(32)30-19-8-6-18(27)7-9-19)24(16-4-2-10-28-14-16)25-20(29-15)12-17(13-21(25)31)22-5-3-11-33-22/h2-11,14,17,24,29H,12-13H2,1H3,(H,30,32). The number of halogens is 1. The van der Waals surface area contributed by atoms with E-state index in [2.05, 4.69) is 21.7 Å². The third-order valence-corrected chi connectivity index (χ3v) is 7.17. The average molecular weight is 460 g/mol. The molecule has 166 valence electrons. The molecule has 7 heteroatoms. The zero-order valence-electron chi connectivity index (χ0n) is 18.0. The molecule has 1 aromatic carbocycles. The van der Waals surface area contributed by atoms with Crippen LogP contribution in [0.15, 0.2) is 88.8 Å². The van der Waals surface area contributed by atoms with Crippen molar-refractivity contribution in [2.24, 2.45) is 0 Å². The molecule has 0 spiro atoms. The van der Waals surface area contributed by atoms with Gasteiger partial charge in [-0.1, -0.05) is 12.1 Å². The summed E-state index contributed by atoms with van der Waals surface area (Å²) in [5.41, 5.74) is 3.94. The number of benzene rings is 1. The van der Waals surface area contributed by atoms with Gasteiger partial charge in [-0.15, -0.1) is 11.3 Å². The Morgan fingerprint density at radius 2 is 1.97 bits per heavy atom. The highest BCUT2D eigenvalue weighted by molar-refractivity contribution is 7.10. The lowest BCUT2D eigenvalue weighted by atomic mass is 9.73. The molecule has 2 unspecified atom stereocenters. The van der Waals surface area contributed by atoms with Crippen molar-refractivity contribution in [3.8, 4) is 0 Å². The predicted molar refractivity (Wildman–Crippen MR) is 126 cm³/mol. The van der Waals surface area contributed by atoms with E-state index in [1.54, 1.807) is 23.7 Å². The lowest BCUT2D eigenvalue weighted by Gasteiger charge is -2.36. The lowest BCUT2D eigenvalue weighted by Crippen LogP contribution is -2.37. The van der Waals surface area contributed by atoms with Crippen LogP contribution in [0.1, 0.15) is 42.0 Å². The number of carbonyl (C=O) groups is 2. The van der Waals surface area contributed by atoms with Gasteiger partial charge in [-0.3, -0.25) is 14.6 Å². The lowest BCUT2D eigenvalue weighted by molar-refractivity contribution is -0.116. The Kier molecular flexibility index (Phi) is 5.64. The Bertz CT molecular complexity index is 1260. The van der Waals surface area contributed by atoms with Gasteiger partial charge >= 0.3 is 0 Å². The first kappa shape index (κ1) is 21.3. The number of anilines is 1. The number of nitrogens with one attached hydrogen (secondary N) is 2. The van der Waals surface area contributed by atoms with Crippen molar-refractivity contribution in [1.82, 2.24) is 10.3 Å². The molecule has 5 rings (SSSR count). The van der Waals surface area contributed by atoms with Gasteiger partial charge in [0.15, 0.2) is 5.78 Å². The molecule has 0 saturated heterocycles. The zero-order valence-corrected chi connectivity index (χ0v) is 18.8. The molecule has 1 aliphatic heterocycles. The van der Waals surface area contributed by atoms with E-state index < -0.39 is 5.92 Å². The number of hydrogen-bond donors (Lipinski definition) is 2. The second kappa shape index (κ2) is 8.75. The van der Waals surface area contributed by atoms with Gasteiger partial charge in [0.05, 0.1) is 0 Å². The molecule has 2 N–H and O–H groups in total. The van der Waals surface area contributed by atoms with Crippen LogP contribution in [0.5, 0.6) is 0 Å². The van der Waals surface area contributed by atoms with Gasteiger partial charge in [0, 0.05) is 63.8 Å². The number of nitrogens with zero attached hydrogens (tertiary/aromatic N) is 1. The molecule has 2 atom stereocenters. The van der Waals surface area contributed by atoms with Crippen molar-refractivity contribution >= 4 is 28.7 Å². The van der Waals surface area contributed by atoms with Crippen molar-refractivity contribution in [3.05, 3.63) is 105 Å². The second-order valence-electron chi connectivity index (χ2n) is 8.28. The van der Waals surface area contributed by atoms with Gasteiger partial charge in [-0.05, 0) is 60.7 Å². The zero-order chi connectivity index (χ0) is 22.9. The molecule has 2 aromatic heterocycles. The Hall–Kier alpha value is -3.58. The van der Waals surface area contributed by atoms with Crippen LogP contribution >= 0.6 is 11.3 Å². The van der Waals surface area contributed by atoms with E-state index in [-0.39, 0.29) is 23.4 Å². The maximum absolute atomic E-state index is 13.5. The van der Waals surface area contributed by atoms with Crippen LogP contribution < -0.4 is 10.6 Å². The molecular weight excluding hydrogens is 437 g/mol. The summed E-state index contributed by atoms with van der Waals surface area (Å²) in [4.78, 5) is 32.3. The molecule has 0 radical (unpaired) electrons. The number of pyridine rings is 1. The molecular formula is C26H22FN3O2S. The number of Topliss-reactive ketones (excluding diaryl/α,β-unsaturated/α-hetero) is 1. The molecule has 1 amide bonds. The minimum absolute atomic E-state index is 0.0376. The predicted octanol–water partition coefficient (Wildman–Crippen LogP) is 5.28. The van der Waals surface area contributed by atoms with Crippen LogP contribution in [-0.4, -0.2) is 16.7 Å². The van der Waals surface area contributed by atoms with E-state index in [0.717, 1.165) is 11.3 Å². The van der Waals surface area contributed by atoms with Gasteiger partial charge < -0.3 is 10.6 Å². The summed E-state index contributed by atoms with van der Waals surface area (Å²) in [6.07, 6.45) is 4.49. The molecule has 0 bridgehead atoms. The van der Waals surface area contributed by atoms with Gasteiger partial charge in [0.25, 0.3) is 5.91 Å². The summed E-state index contributed by atoms with van der Waals surface area (Å²) in [5.74, 6) is -1.07. The highest BCUT2D eigenvalue weighted by atomic mass is 32.1. The summed E-state index contributed by atoms with van der Waals surface area (Å²) in [7, 11) is 0. The van der Waals surface area contributed by atoms with Crippen molar-refractivity contribution in [2.75, 3.05) is 5.32 Å². The Morgan fingerprint density at radius 1 is 1.15 bits per heavy atom. The highest BCUT2D eigenvalue weighted by Gasteiger charge is 2.41. The Balaban J connectivity index is 1.54. The van der Waals surface area contributed by atoms with E-state index >= 15 is 0 Å². The largest absolute Gasteiger partial charge is 0.362 e. The SMILES string of the molecule is CC1=C(C(=O)Nc2ccc(F)cc2)C(c2cccnc2)C2=C(CC(c3cccs3)CC2=O)N1. The topological polar surface area (TPSA) is 71.1 Å². The average Bonchev–Trinajstić information content (AvgIpc) is 3.35. The highest BCUT2D eigenvalue weighted by Crippen LogP contribution is 2.46. The van der Waals surface area contributed by atoms with E-state index in [0.29, 0.717) is 35.4 Å². The molecule has 2 aliphatic rings. The number of ketones is 1. The molecule has 3 aromatic rings. The molecule has 5 nitrogen and oxygen atoms in total. The van der Waals surface area contributed by atoms with Crippen LogP contribution in [0.25, 0.3) is 0 Å². The monoisotopic (exact) mass is 459 g/mol. The van der Waals surface area contributed by atoms with E-state index in [1.807, 2.05) is 30.5 Å². The van der Waals surface area contributed by atoms with Crippen LogP contribution in [0.4, 0.5) is 10.1 Å². The quantitative estimate of drug-likeness (QED) is 0.557. The Labute approximate surface area is 195 Å². The molecule has 1 aliphatic carbocycles. The minimum Gasteiger partial charge on any atom is -0.362 e. The third-order valence-electron chi connectivity index (χ3n) is 6.14. The summed E-state index contributed by atoms with van der Waals surface area (Å²) < 4.78 is 13.3. The van der Waals surface area contributed by atoms with Gasteiger partial charge in [0.2, 0.25) is 0 Å². The summed E-state index contributed by atoms with van der Waals surface area (Å²) >= 11 is 1.66. The number of hydrogen-bond acceptors (Lipinski definition) is 5. The number of rotatable bonds is 4. The number of carbonyl (C=O) groups excluding carboxylic acids is 2. The van der Waals surface area contributed by atoms with Crippen LogP contribution in [0, 0.1) is 5.82 Å². The number of aromatic nitrogens is 1. The van der Waals surface area contributed by atoms with Crippen LogP contribution in [0.2, 0.25) is 0 Å². The van der Waals surface area contributed by atoms with E-state index in [4.69, 9.17) is 0 Å². The van der Waals surface area contributed by atoms with Gasteiger partial charge in [0.1, 0.15) is 5.82 Å². The van der Waals surface area contributed by atoms with Gasteiger partial charge in [-0.2, -0.15) is 0 Å². The summed E-state index contributed by atoms with van der Waals surface area (Å²) in [6.45, 7) is 1.85. The maximum Gasteiger partial charge on any atom is 0.254 e. The fourth-order valence-corrected chi connectivity index (χ4v) is 5.51.